The van der Waals surface area contributed by atoms with Gasteiger partial charge in [0, 0.05) is 10.4 Å². The second kappa shape index (κ2) is 4.13. The standard InChI is InChI=1S/C11H11BrO2/c12-11-2-1-9-3-8(6-14-7-13)4-10(9)5-11/h1-2,5,7-8H,3-4,6H2. The van der Waals surface area contributed by atoms with E-state index in [0.717, 1.165) is 17.3 Å². The number of benzene rings is 1. The molecule has 2 nitrogen and oxygen atoms in total. The molecule has 0 heterocycles. The minimum Gasteiger partial charge on any atom is -0.468 e. The summed E-state index contributed by atoms with van der Waals surface area (Å²) in [4.78, 5) is 10.1. The summed E-state index contributed by atoms with van der Waals surface area (Å²) < 4.78 is 5.91. The fourth-order valence-electron chi connectivity index (χ4n) is 1.97. The van der Waals surface area contributed by atoms with Gasteiger partial charge >= 0.3 is 0 Å². The molecule has 2 rings (SSSR count). The summed E-state index contributed by atoms with van der Waals surface area (Å²) in [5.41, 5.74) is 2.76. The van der Waals surface area contributed by atoms with Gasteiger partial charge in [0.25, 0.3) is 6.47 Å². The Hall–Kier alpha value is -0.830. The van der Waals surface area contributed by atoms with Crippen molar-refractivity contribution in [1.82, 2.24) is 0 Å². The lowest BCUT2D eigenvalue weighted by Crippen LogP contribution is -2.08. The summed E-state index contributed by atoms with van der Waals surface area (Å²) in [5, 5.41) is 0. The molecule has 0 fully saturated rings. The zero-order valence-corrected chi connectivity index (χ0v) is 9.29. The highest BCUT2D eigenvalue weighted by molar-refractivity contribution is 9.10. The average molecular weight is 255 g/mol. The maximum atomic E-state index is 10.1. The molecule has 0 amide bonds. The lowest BCUT2D eigenvalue weighted by Gasteiger charge is -2.05. The van der Waals surface area contributed by atoms with Gasteiger partial charge in [-0.1, -0.05) is 22.0 Å². The number of ether oxygens (including phenoxy) is 1. The molecule has 1 aliphatic rings. The molecule has 3 heteroatoms. The predicted octanol–water partition coefficient (Wildman–Crippen LogP) is 2.34. The minimum absolute atomic E-state index is 0.462. The topological polar surface area (TPSA) is 26.3 Å². The summed E-state index contributed by atoms with van der Waals surface area (Å²) >= 11 is 3.45. The Kier molecular flexibility index (Phi) is 2.87. The van der Waals surface area contributed by atoms with Gasteiger partial charge in [0.05, 0.1) is 6.61 Å². The molecule has 0 aliphatic heterocycles. The SMILES string of the molecule is O=COCC1Cc2ccc(Br)cc2C1. The van der Waals surface area contributed by atoms with Crippen LogP contribution >= 0.6 is 15.9 Å². The molecule has 0 aromatic heterocycles. The normalized spacial score (nSPS) is 19.1. The van der Waals surface area contributed by atoms with Crippen LogP contribution in [0.1, 0.15) is 11.1 Å². The predicted molar refractivity (Wildman–Crippen MR) is 57.1 cm³/mol. The maximum absolute atomic E-state index is 10.1. The molecule has 1 aliphatic carbocycles. The van der Waals surface area contributed by atoms with Crippen LogP contribution in [0.2, 0.25) is 0 Å². The van der Waals surface area contributed by atoms with Crippen molar-refractivity contribution in [2.24, 2.45) is 5.92 Å². The molecular formula is C11H11BrO2. The first-order valence-corrected chi connectivity index (χ1v) is 5.41. The third-order valence-electron chi connectivity index (χ3n) is 2.59. The lowest BCUT2D eigenvalue weighted by molar-refractivity contribution is -0.129. The van der Waals surface area contributed by atoms with E-state index in [1.165, 1.54) is 11.1 Å². The van der Waals surface area contributed by atoms with Crippen molar-refractivity contribution in [3.05, 3.63) is 33.8 Å². The monoisotopic (exact) mass is 254 g/mol. The fraction of sp³-hybridized carbons (Fsp3) is 0.364. The number of carbonyl (C=O) groups excluding carboxylic acids is 1. The molecule has 1 unspecified atom stereocenters. The first-order chi connectivity index (χ1) is 6.79. The zero-order valence-electron chi connectivity index (χ0n) is 7.70. The molecular weight excluding hydrogens is 244 g/mol. The van der Waals surface area contributed by atoms with Gasteiger partial charge in [-0.05, 0) is 36.1 Å². The minimum atomic E-state index is 0.462. The van der Waals surface area contributed by atoms with E-state index < -0.39 is 0 Å². The highest BCUT2D eigenvalue weighted by atomic mass is 79.9. The number of rotatable bonds is 3. The van der Waals surface area contributed by atoms with E-state index in [1.54, 1.807) is 0 Å². The Labute approximate surface area is 91.4 Å². The van der Waals surface area contributed by atoms with Crippen LogP contribution in [-0.4, -0.2) is 13.1 Å². The molecule has 0 bridgehead atoms. The summed E-state index contributed by atoms with van der Waals surface area (Å²) in [7, 11) is 0. The van der Waals surface area contributed by atoms with Crippen LogP contribution in [0.4, 0.5) is 0 Å². The fourth-order valence-corrected chi connectivity index (χ4v) is 2.38. The van der Waals surface area contributed by atoms with Gasteiger partial charge in [-0.3, -0.25) is 4.79 Å². The Morgan fingerprint density at radius 3 is 3.00 bits per heavy atom. The summed E-state index contributed by atoms with van der Waals surface area (Å²) in [6.45, 7) is 1.06. The average Bonchev–Trinajstić information content (AvgIpc) is 2.56. The van der Waals surface area contributed by atoms with Gasteiger partial charge in [0.2, 0.25) is 0 Å². The molecule has 14 heavy (non-hydrogen) atoms. The molecule has 0 N–H and O–H groups in total. The van der Waals surface area contributed by atoms with Gasteiger partial charge in [0.1, 0.15) is 0 Å². The van der Waals surface area contributed by atoms with Crippen molar-refractivity contribution >= 4 is 22.4 Å². The van der Waals surface area contributed by atoms with Crippen LogP contribution in [0.3, 0.4) is 0 Å². The van der Waals surface area contributed by atoms with Crippen LogP contribution < -0.4 is 0 Å². The second-order valence-electron chi connectivity index (χ2n) is 3.62. The number of carbonyl (C=O) groups is 1. The number of hydrogen-bond acceptors (Lipinski definition) is 2. The van der Waals surface area contributed by atoms with E-state index in [-0.39, 0.29) is 0 Å². The molecule has 1 aromatic rings. The first-order valence-electron chi connectivity index (χ1n) is 4.62. The molecule has 0 saturated carbocycles. The summed E-state index contributed by atoms with van der Waals surface area (Å²) in [6.07, 6.45) is 2.04. The van der Waals surface area contributed by atoms with Crippen molar-refractivity contribution < 1.29 is 9.53 Å². The van der Waals surface area contributed by atoms with Crippen LogP contribution in [0.25, 0.3) is 0 Å². The molecule has 1 atom stereocenters. The first kappa shape index (κ1) is 9.71. The third kappa shape index (κ3) is 1.98. The Morgan fingerprint density at radius 2 is 2.21 bits per heavy atom. The van der Waals surface area contributed by atoms with Gasteiger partial charge in [0.15, 0.2) is 0 Å². The maximum Gasteiger partial charge on any atom is 0.293 e. The van der Waals surface area contributed by atoms with Crippen LogP contribution in [0.5, 0.6) is 0 Å². The third-order valence-corrected chi connectivity index (χ3v) is 3.08. The summed E-state index contributed by atoms with van der Waals surface area (Å²) in [6, 6.07) is 6.35. The molecule has 74 valence electrons. The number of fused-ring (bicyclic) bond motifs is 1. The van der Waals surface area contributed by atoms with E-state index in [2.05, 4.69) is 34.1 Å². The molecule has 0 saturated heterocycles. The Morgan fingerprint density at radius 1 is 1.43 bits per heavy atom. The van der Waals surface area contributed by atoms with E-state index in [4.69, 9.17) is 4.74 Å². The number of hydrogen-bond donors (Lipinski definition) is 0. The smallest absolute Gasteiger partial charge is 0.293 e. The molecule has 0 spiro atoms. The Balaban J connectivity index is 2.06. The lowest BCUT2D eigenvalue weighted by atomic mass is 10.1. The zero-order chi connectivity index (χ0) is 9.97. The van der Waals surface area contributed by atoms with E-state index >= 15 is 0 Å². The van der Waals surface area contributed by atoms with Gasteiger partial charge in [-0.15, -0.1) is 0 Å². The van der Waals surface area contributed by atoms with Crippen molar-refractivity contribution in [2.45, 2.75) is 12.8 Å². The van der Waals surface area contributed by atoms with Gasteiger partial charge in [-0.25, -0.2) is 0 Å². The highest BCUT2D eigenvalue weighted by Gasteiger charge is 2.21. The van der Waals surface area contributed by atoms with Crippen LogP contribution in [0.15, 0.2) is 22.7 Å². The van der Waals surface area contributed by atoms with Crippen molar-refractivity contribution in [3.63, 3.8) is 0 Å². The van der Waals surface area contributed by atoms with Crippen molar-refractivity contribution in [1.29, 1.82) is 0 Å². The van der Waals surface area contributed by atoms with Crippen LogP contribution in [0, 0.1) is 5.92 Å². The Bertz CT molecular complexity index is 349. The van der Waals surface area contributed by atoms with E-state index in [1.807, 2.05) is 0 Å². The second-order valence-corrected chi connectivity index (χ2v) is 4.53. The largest absolute Gasteiger partial charge is 0.468 e. The molecule has 0 radical (unpaired) electrons. The number of halogens is 1. The van der Waals surface area contributed by atoms with Gasteiger partial charge in [-0.2, -0.15) is 0 Å². The summed E-state index contributed by atoms with van der Waals surface area (Å²) in [5.74, 6) is 0.462. The van der Waals surface area contributed by atoms with Crippen molar-refractivity contribution in [2.75, 3.05) is 6.61 Å². The van der Waals surface area contributed by atoms with Gasteiger partial charge < -0.3 is 4.74 Å². The van der Waals surface area contributed by atoms with E-state index in [0.29, 0.717) is 19.0 Å². The van der Waals surface area contributed by atoms with Crippen molar-refractivity contribution in [3.8, 4) is 0 Å². The molecule has 1 aromatic carbocycles. The van der Waals surface area contributed by atoms with E-state index in [9.17, 15) is 4.79 Å². The highest BCUT2D eigenvalue weighted by Crippen LogP contribution is 2.29. The quantitative estimate of drug-likeness (QED) is 0.775. The van der Waals surface area contributed by atoms with Crippen LogP contribution in [-0.2, 0) is 22.4 Å².